The zero-order chi connectivity index (χ0) is 27.6. The van der Waals surface area contributed by atoms with Crippen LogP contribution >= 0.6 is 35.0 Å². The molecule has 0 aromatic heterocycles. The van der Waals surface area contributed by atoms with Crippen LogP contribution in [0.15, 0.2) is 65.6 Å². The summed E-state index contributed by atoms with van der Waals surface area (Å²) in [6.45, 7) is 0.0175. The van der Waals surface area contributed by atoms with Gasteiger partial charge in [-0.05, 0) is 53.2 Å². The van der Waals surface area contributed by atoms with E-state index in [9.17, 15) is 34.6 Å². The Balaban J connectivity index is 1.46. The van der Waals surface area contributed by atoms with E-state index >= 15 is 0 Å². The van der Waals surface area contributed by atoms with Crippen LogP contribution in [0.3, 0.4) is 0 Å². The Morgan fingerprint density at radius 2 is 1.55 bits per heavy atom. The van der Waals surface area contributed by atoms with Crippen molar-refractivity contribution in [3.63, 3.8) is 0 Å². The van der Waals surface area contributed by atoms with Crippen LogP contribution in [0.4, 0.5) is 16.2 Å². The fourth-order valence-electron chi connectivity index (χ4n) is 3.33. The third kappa shape index (κ3) is 5.99. The first-order chi connectivity index (χ1) is 18.0. The van der Waals surface area contributed by atoms with Crippen LogP contribution in [-0.4, -0.2) is 31.9 Å². The normalized spacial score (nSPS) is 14.2. The number of non-ortho nitro benzene ring substituents is 2. The van der Waals surface area contributed by atoms with Gasteiger partial charge >= 0.3 is 5.97 Å². The monoisotopic (exact) mass is 573 g/mol. The minimum absolute atomic E-state index is 0.0175. The van der Waals surface area contributed by atoms with Crippen molar-refractivity contribution >= 4 is 69.5 Å². The smallest absolute Gasteiger partial charge is 0.344 e. The molecule has 1 aliphatic heterocycles. The predicted molar refractivity (Wildman–Crippen MR) is 139 cm³/mol. The molecule has 0 N–H and O–H groups in total. The lowest BCUT2D eigenvalue weighted by molar-refractivity contribution is -0.394. The molecule has 192 valence electrons. The van der Waals surface area contributed by atoms with Gasteiger partial charge in [0.15, 0.2) is 0 Å². The molecule has 1 saturated heterocycles. The number of hydrogen-bond donors (Lipinski definition) is 0. The van der Waals surface area contributed by atoms with Gasteiger partial charge in [-0.25, -0.2) is 4.79 Å². The average molecular weight is 574 g/mol. The van der Waals surface area contributed by atoms with Gasteiger partial charge in [0.1, 0.15) is 5.75 Å². The maximum Gasteiger partial charge on any atom is 0.344 e. The first-order valence-electron chi connectivity index (χ1n) is 10.5. The van der Waals surface area contributed by atoms with Gasteiger partial charge in [0, 0.05) is 12.1 Å². The second-order valence-electron chi connectivity index (χ2n) is 7.73. The molecule has 2 amide bonds. The first kappa shape index (κ1) is 26.8. The lowest BCUT2D eigenvalue weighted by Gasteiger charge is -2.12. The minimum atomic E-state index is -1.03. The van der Waals surface area contributed by atoms with Gasteiger partial charge in [0.2, 0.25) is 0 Å². The summed E-state index contributed by atoms with van der Waals surface area (Å²) in [7, 11) is 0. The highest BCUT2D eigenvalue weighted by Crippen LogP contribution is 2.34. The lowest BCUT2D eigenvalue weighted by Crippen LogP contribution is -2.27. The number of nitrogens with zero attached hydrogens (tertiary/aromatic N) is 3. The Labute approximate surface area is 227 Å². The van der Waals surface area contributed by atoms with E-state index in [0.717, 1.165) is 34.9 Å². The number of thioether (sulfide) groups is 1. The Hall–Kier alpha value is -4.26. The van der Waals surface area contributed by atoms with E-state index in [1.807, 2.05) is 0 Å². The van der Waals surface area contributed by atoms with Crippen LogP contribution in [0.5, 0.6) is 5.75 Å². The zero-order valence-electron chi connectivity index (χ0n) is 18.8. The summed E-state index contributed by atoms with van der Waals surface area (Å²) in [6.07, 6.45) is 1.50. The van der Waals surface area contributed by atoms with Gasteiger partial charge in [0.25, 0.3) is 22.5 Å². The molecule has 4 rings (SSSR count). The number of imide groups is 1. The standard InChI is InChI=1S/C24H13Cl2N3O8S/c25-19-6-3-14(7-20(19)26)12-27-22(30)21(38-24(27)32)8-13-1-4-18(5-2-13)37-23(31)15-9-16(28(33)34)11-17(10-15)29(35)36/h1-11H,12H2/b21-8-. The number of hydrogen-bond acceptors (Lipinski definition) is 9. The fourth-order valence-corrected chi connectivity index (χ4v) is 4.49. The molecule has 3 aromatic carbocycles. The van der Waals surface area contributed by atoms with Crippen molar-refractivity contribution in [2.75, 3.05) is 0 Å². The number of ether oxygens (including phenoxy) is 1. The molecule has 0 bridgehead atoms. The number of carbonyl (C=O) groups excluding carboxylic acids is 3. The number of carbonyl (C=O) groups is 3. The highest BCUT2D eigenvalue weighted by atomic mass is 35.5. The van der Waals surface area contributed by atoms with Crippen LogP contribution in [-0.2, 0) is 11.3 Å². The van der Waals surface area contributed by atoms with E-state index in [1.165, 1.54) is 30.3 Å². The molecule has 0 radical (unpaired) electrons. The molecule has 0 saturated carbocycles. The summed E-state index contributed by atoms with van der Waals surface area (Å²) in [4.78, 5) is 59.3. The largest absolute Gasteiger partial charge is 0.423 e. The first-order valence-corrected chi connectivity index (χ1v) is 12.0. The van der Waals surface area contributed by atoms with Crippen LogP contribution in [0.25, 0.3) is 6.08 Å². The van der Waals surface area contributed by atoms with E-state index in [4.69, 9.17) is 27.9 Å². The van der Waals surface area contributed by atoms with Crippen molar-refractivity contribution < 1.29 is 29.0 Å². The number of rotatable bonds is 7. The summed E-state index contributed by atoms with van der Waals surface area (Å²) in [6, 6.07) is 13.1. The molecule has 0 aliphatic carbocycles. The van der Waals surface area contributed by atoms with Crippen LogP contribution in [0.1, 0.15) is 21.5 Å². The molecule has 1 aliphatic rings. The maximum atomic E-state index is 12.8. The Bertz CT molecular complexity index is 1510. The maximum absolute atomic E-state index is 12.8. The molecule has 1 heterocycles. The van der Waals surface area contributed by atoms with Crippen molar-refractivity contribution in [2.24, 2.45) is 0 Å². The SMILES string of the molecule is O=C(Oc1ccc(/C=C2\SC(=O)N(Cc3ccc(Cl)c(Cl)c3)C2=O)cc1)c1cc([N+](=O)[O-])cc([N+](=O)[O-])c1. The summed E-state index contributed by atoms with van der Waals surface area (Å²) in [5, 5.41) is 22.3. The second-order valence-corrected chi connectivity index (χ2v) is 9.53. The summed E-state index contributed by atoms with van der Waals surface area (Å²) >= 11 is 12.7. The Morgan fingerprint density at radius 3 is 2.13 bits per heavy atom. The van der Waals surface area contributed by atoms with Crippen molar-refractivity contribution in [2.45, 2.75) is 6.54 Å². The van der Waals surface area contributed by atoms with Crippen molar-refractivity contribution in [1.82, 2.24) is 4.90 Å². The van der Waals surface area contributed by atoms with E-state index in [1.54, 1.807) is 18.2 Å². The zero-order valence-corrected chi connectivity index (χ0v) is 21.2. The van der Waals surface area contributed by atoms with E-state index in [0.29, 0.717) is 21.2 Å². The molecular formula is C24H13Cl2N3O8S. The van der Waals surface area contributed by atoms with Gasteiger partial charge in [-0.15, -0.1) is 0 Å². The molecule has 3 aromatic rings. The van der Waals surface area contributed by atoms with E-state index in [-0.39, 0.29) is 22.8 Å². The number of benzene rings is 3. The van der Waals surface area contributed by atoms with Gasteiger partial charge in [-0.2, -0.15) is 0 Å². The van der Waals surface area contributed by atoms with Gasteiger partial charge < -0.3 is 4.74 Å². The van der Waals surface area contributed by atoms with E-state index < -0.39 is 38.3 Å². The number of amides is 2. The second kappa shape index (κ2) is 11.0. The highest BCUT2D eigenvalue weighted by Gasteiger charge is 2.35. The molecule has 38 heavy (non-hydrogen) atoms. The quantitative estimate of drug-likeness (QED) is 0.105. The highest BCUT2D eigenvalue weighted by molar-refractivity contribution is 8.18. The van der Waals surface area contributed by atoms with Gasteiger partial charge in [-0.1, -0.05) is 41.4 Å². The lowest BCUT2D eigenvalue weighted by atomic mass is 10.1. The summed E-state index contributed by atoms with van der Waals surface area (Å²) in [5.41, 5.74) is -0.478. The molecule has 0 spiro atoms. The third-order valence-electron chi connectivity index (χ3n) is 5.15. The topological polar surface area (TPSA) is 150 Å². The molecule has 14 heteroatoms. The Morgan fingerprint density at radius 1 is 0.921 bits per heavy atom. The average Bonchev–Trinajstić information content (AvgIpc) is 3.14. The molecule has 1 fully saturated rings. The number of nitro groups is 2. The van der Waals surface area contributed by atoms with Gasteiger partial charge in [-0.3, -0.25) is 34.7 Å². The van der Waals surface area contributed by atoms with E-state index in [2.05, 4.69) is 0 Å². The predicted octanol–water partition coefficient (Wildman–Crippen LogP) is 6.27. The number of nitro benzene ring substituents is 2. The molecular weight excluding hydrogens is 561 g/mol. The van der Waals surface area contributed by atoms with Crippen molar-refractivity contribution in [3.8, 4) is 5.75 Å². The molecule has 0 unspecified atom stereocenters. The fraction of sp³-hybridized carbons (Fsp3) is 0.0417. The van der Waals surface area contributed by atoms with Crippen LogP contribution < -0.4 is 4.74 Å². The number of halogens is 2. The van der Waals surface area contributed by atoms with Crippen LogP contribution in [0, 0.1) is 20.2 Å². The number of esters is 1. The molecule has 11 nitrogen and oxygen atoms in total. The van der Waals surface area contributed by atoms with Crippen molar-refractivity contribution in [1.29, 1.82) is 0 Å². The van der Waals surface area contributed by atoms with Gasteiger partial charge in [0.05, 0.1) is 43.0 Å². The minimum Gasteiger partial charge on any atom is -0.423 e. The molecule has 0 atom stereocenters. The Kier molecular flexibility index (Phi) is 7.76. The third-order valence-corrected chi connectivity index (χ3v) is 6.79. The van der Waals surface area contributed by atoms with Crippen molar-refractivity contribution in [3.05, 3.63) is 113 Å². The summed E-state index contributed by atoms with van der Waals surface area (Å²) in [5.74, 6) is -1.48. The van der Waals surface area contributed by atoms with Crippen LogP contribution in [0.2, 0.25) is 10.0 Å². The summed E-state index contributed by atoms with van der Waals surface area (Å²) < 4.78 is 5.18.